The number of thioether (sulfide) groups is 1. The monoisotopic (exact) mass is 232 g/mol. The van der Waals surface area contributed by atoms with Gasteiger partial charge in [0, 0.05) is 30.4 Å². The fourth-order valence-electron chi connectivity index (χ4n) is 1.63. The van der Waals surface area contributed by atoms with E-state index in [-0.39, 0.29) is 0 Å². The number of rotatable bonds is 8. The molecule has 2 nitrogen and oxygen atoms in total. The van der Waals surface area contributed by atoms with Crippen LogP contribution in [0.5, 0.6) is 0 Å². The molecule has 15 heavy (non-hydrogen) atoms. The van der Waals surface area contributed by atoms with Gasteiger partial charge in [0.1, 0.15) is 0 Å². The molecule has 0 radical (unpaired) electrons. The summed E-state index contributed by atoms with van der Waals surface area (Å²) in [6.07, 6.45) is 3.43. The lowest BCUT2D eigenvalue weighted by Gasteiger charge is -2.33. The third kappa shape index (κ3) is 6.44. The van der Waals surface area contributed by atoms with Crippen LogP contribution >= 0.6 is 11.8 Å². The molecule has 1 N–H and O–H groups in total. The molecule has 0 aromatic carbocycles. The van der Waals surface area contributed by atoms with E-state index >= 15 is 0 Å². The zero-order valence-corrected chi connectivity index (χ0v) is 12.0. The maximum Gasteiger partial charge on any atom is 0.0192 e. The Morgan fingerprint density at radius 1 is 1.27 bits per heavy atom. The Kier molecular flexibility index (Phi) is 8.58. The van der Waals surface area contributed by atoms with Gasteiger partial charge in [0.25, 0.3) is 0 Å². The van der Waals surface area contributed by atoms with Crippen molar-refractivity contribution in [2.45, 2.75) is 52.2 Å². The van der Waals surface area contributed by atoms with Gasteiger partial charge in [0.15, 0.2) is 0 Å². The van der Waals surface area contributed by atoms with E-state index < -0.39 is 0 Å². The molecule has 0 saturated carbocycles. The average molecular weight is 232 g/mol. The summed E-state index contributed by atoms with van der Waals surface area (Å²) in [6, 6.07) is 1.91. The second kappa shape index (κ2) is 8.43. The van der Waals surface area contributed by atoms with Crippen molar-refractivity contribution in [2.75, 3.05) is 25.6 Å². The van der Waals surface area contributed by atoms with E-state index in [1.165, 1.54) is 12.2 Å². The van der Waals surface area contributed by atoms with E-state index in [9.17, 15) is 0 Å². The highest BCUT2D eigenvalue weighted by Crippen LogP contribution is 2.11. The third-order valence-corrected chi connectivity index (χ3v) is 3.64. The van der Waals surface area contributed by atoms with Crippen molar-refractivity contribution in [3.63, 3.8) is 0 Å². The fourth-order valence-corrected chi connectivity index (χ4v) is 2.48. The maximum absolute atomic E-state index is 3.50. The van der Waals surface area contributed by atoms with Crippen LogP contribution in [-0.4, -0.2) is 48.6 Å². The first-order valence-electron chi connectivity index (χ1n) is 5.97. The molecule has 0 aromatic heterocycles. The largest absolute Gasteiger partial charge is 0.313 e. The molecular weight excluding hydrogens is 204 g/mol. The first-order chi connectivity index (χ1) is 7.02. The highest BCUT2D eigenvalue weighted by molar-refractivity contribution is 7.98. The van der Waals surface area contributed by atoms with Gasteiger partial charge in [-0.25, -0.2) is 0 Å². The van der Waals surface area contributed by atoms with Crippen LogP contribution in [-0.2, 0) is 0 Å². The fraction of sp³-hybridized carbons (Fsp3) is 1.00. The molecule has 0 fully saturated rings. The Labute approximate surface area is 100 Å². The zero-order chi connectivity index (χ0) is 11.8. The quantitative estimate of drug-likeness (QED) is 0.692. The Morgan fingerprint density at radius 3 is 2.27 bits per heavy atom. The summed E-state index contributed by atoms with van der Waals surface area (Å²) in [6.45, 7) is 10.1. The van der Waals surface area contributed by atoms with Crippen molar-refractivity contribution in [1.29, 1.82) is 0 Å². The van der Waals surface area contributed by atoms with Crippen LogP contribution in [0.25, 0.3) is 0 Å². The number of likely N-dealkylation sites (N-methyl/N-ethyl adjacent to an activating group) is 1. The SMILES string of the molecule is CCC(CSC)N(C)C(C)CNC(C)C. The van der Waals surface area contributed by atoms with Gasteiger partial charge in [-0.1, -0.05) is 20.8 Å². The van der Waals surface area contributed by atoms with Crippen LogP contribution in [0.1, 0.15) is 34.1 Å². The molecule has 0 heterocycles. The molecule has 0 bridgehead atoms. The molecule has 0 aromatic rings. The Hall–Kier alpha value is 0.270. The van der Waals surface area contributed by atoms with Gasteiger partial charge in [-0.15, -0.1) is 0 Å². The van der Waals surface area contributed by atoms with Gasteiger partial charge in [0.05, 0.1) is 0 Å². The van der Waals surface area contributed by atoms with Crippen LogP contribution in [0, 0.1) is 0 Å². The van der Waals surface area contributed by atoms with Crippen molar-refractivity contribution in [3.05, 3.63) is 0 Å². The molecule has 0 saturated heterocycles. The maximum atomic E-state index is 3.50. The summed E-state index contributed by atoms with van der Waals surface area (Å²) in [5, 5.41) is 3.50. The van der Waals surface area contributed by atoms with Crippen LogP contribution in [0.2, 0.25) is 0 Å². The third-order valence-electron chi connectivity index (χ3n) is 2.92. The van der Waals surface area contributed by atoms with Crippen molar-refractivity contribution in [3.8, 4) is 0 Å². The second-order valence-corrected chi connectivity index (χ2v) is 5.51. The molecular formula is C12H28N2S. The molecule has 3 heteroatoms. The van der Waals surface area contributed by atoms with Crippen molar-refractivity contribution in [2.24, 2.45) is 0 Å². The second-order valence-electron chi connectivity index (χ2n) is 4.59. The molecule has 2 atom stereocenters. The summed E-state index contributed by atoms with van der Waals surface area (Å²) in [5.74, 6) is 1.24. The minimum atomic E-state index is 0.585. The molecule has 0 aliphatic heterocycles. The molecule has 0 rings (SSSR count). The summed E-state index contributed by atoms with van der Waals surface area (Å²) < 4.78 is 0. The highest BCUT2D eigenvalue weighted by atomic mass is 32.2. The molecule has 0 spiro atoms. The summed E-state index contributed by atoms with van der Waals surface area (Å²) >= 11 is 1.94. The van der Waals surface area contributed by atoms with E-state index in [4.69, 9.17) is 0 Å². The lowest BCUT2D eigenvalue weighted by Crippen LogP contribution is -2.45. The van der Waals surface area contributed by atoms with Gasteiger partial charge in [0.2, 0.25) is 0 Å². The Morgan fingerprint density at radius 2 is 1.87 bits per heavy atom. The number of hydrogen-bond donors (Lipinski definition) is 1. The first-order valence-corrected chi connectivity index (χ1v) is 7.36. The predicted octanol–water partition coefficient (Wildman–Crippen LogP) is 2.45. The van der Waals surface area contributed by atoms with Gasteiger partial charge < -0.3 is 5.32 Å². The van der Waals surface area contributed by atoms with Crippen LogP contribution in [0.4, 0.5) is 0 Å². The van der Waals surface area contributed by atoms with Crippen molar-refractivity contribution in [1.82, 2.24) is 10.2 Å². The van der Waals surface area contributed by atoms with Crippen LogP contribution in [0.15, 0.2) is 0 Å². The topological polar surface area (TPSA) is 15.3 Å². The lowest BCUT2D eigenvalue weighted by atomic mass is 10.1. The van der Waals surface area contributed by atoms with Crippen LogP contribution in [0.3, 0.4) is 0 Å². The van der Waals surface area contributed by atoms with E-state index in [1.807, 2.05) is 11.8 Å². The van der Waals surface area contributed by atoms with Gasteiger partial charge in [-0.05, 0) is 26.6 Å². The van der Waals surface area contributed by atoms with E-state index in [1.54, 1.807) is 0 Å². The van der Waals surface area contributed by atoms with E-state index in [2.05, 4.69) is 51.2 Å². The van der Waals surface area contributed by atoms with Crippen molar-refractivity contribution < 1.29 is 0 Å². The first kappa shape index (κ1) is 15.3. The minimum absolute atomic E-state index is 0.585. The molecule has 92 valence electrons. The molecule has 2 unspecified atom stereocenters. The predicted molar refractivity (Wildman–Crippen MR) is 72.8 cm³/mol. The van der Waals surface area contributed by atoms with E-state index in [0.29, 0.717) is 18.1 Å². The summed E-state index contributed by atoms with van der Waals surface area (Å²) in [5.41, 5.74) is 0. The summed E-state index contributed by atoms with van der Waals surface area (Å²) in [7, 11) is 2.25. The zero-order valence-electron chi connectivity index (χ0n) is 11.2. The van der Waals surface area contributed by atoms with E-state index in [0.717, 1.165) is 6.54 Å². The number of nitrogens with one attached hydrogen (secondary N) is 1. The number of hydrogen-bond acceptors (Lipinski definition) is 3. The van der Waals surface area contributed by atoms with Gasteiger partial charge in [-0.3, -0.25) is 4.90 Å². The van der Waals surface area contributed by atoms with Crippen LogP contribution < -0.4 is 5.32 Å². The molecule has 0 amide bonds. The Balaban J connectivity index is 3.97. The lowest BCUT2D eigenvalue weighted by molar-refractivity contribution is 0.189. The molecule has 0 aliphatic rings. The Bertz CT molecular complexity index is 151. The van der Waals surface area contributed by atoms with Crippen molar-refractivity contribution >= 4 is 11.8 Å². The van der Waals surface area contributed by atoms with Gasteiger partial charge >= 0.3 is 0 Å². The average Bonchev–Trinajstić information content (AvgIpc) is 2.21. The van der Waals surface area contributed by atoms with Gasteiger partial charge in [-0.2, -0.15) is 11.8 Å². The normalized spacial score (nSPS) is 16.0. The summed E-state index contributed by atoms with van der Waals surface area (Å²) in [4.78, 5) is 2.51. The molecule has 0 aliphatic carbocycles. The number of nitrogens with zero attached hydrogens (tertiary/aromatic N) is 1. The highest BCUT2D eigenvalue weighted by Gasteiger charge is 2.17. The standard InChI is InChI=1S/C12H28N2S/c1-7-12(9-15-6)14(5)11(4)8-13-10(2)3/h10-13H,7-9H2,1-6H3. The minimum Gasteiger partial charge on any atom is -0.313 e. The smallest absolute Gasteiger partial charge is 0.0192 e.